The predicted molar refractivity (Wildman–Crippen MR) is 127 cm³/mol. The zero-order valence-electron chi connectivity index (χ0n) is 18.4. The number of hydrogen-bond donors (Lipinski definition) is 1. The van der Waals surface area contributed by atoms with Gasteiger partial charge < -0.3 is 24.1 Å². The Morgan fingerprint density at radius 2 is 1.78 bits per heavy atom. The Hall–Kier alpha value is -3.45. The van der Waals surface area contributed by atoms with E-state index in [1.54, 1.807) is 32.7 Å². The van der Waals surface area contributed by atoms with Crippen LogP contribution >= 0.6 is 11.3 Å². The van der Waals surface area contributed by atoms with Crippen LogP contribution in [0.25, 0.3) is 10.2 Å². The lowest BCUT2D eigenvalue weighted by Crippen LogP contribution is -2.28. The van der Waals surface area contributed by atoms with Gasteiger partial charge >= 0.3 is 0 Å². The first-order valence-corrected chi connectivity index (χ1v) is 11.2. The van der Waals surface area contributed by atoms with Gasteiger partial charge in [-0.3, -0.25) is 4.79 Å². The van der Waals surface area contributed by atoms with Crippen molar-refractivity contribution in [2.45, 2.75) is 13.0 Å². The van der Waals surface area contributed by atoms with Gasteiger partial charge in [-0.25, -0.2) is 0 Å². The summed E-state index contributed by atoms with van der Waals surface area (Å²) in [5, 5.41) is 6.18. The molecule has 166 valence electrons. The molecule has 0 aliphatic heterocycles. The third-order valence-electron chi connectivity index (χ3n) is 5.36. The molecular weight excluding hydrogens is 424 g/mol. The van der Waals surface area contributed by atoms with Gasteiger partial charge in [0.15, 0.2) is 11.5 Å². The number of methoxy groups -OCH3 is 3. The predicted octanol–water partition coefficient (Wildman–Crippen LogP) is 4.75. The van der Waals surface area contributed by atoms with Crippen LogP contribution in [0, 0.1) is 0 Å². The Kier molecular flexibility index (Phi) is 6.66. The Balaban J connectivity index is 1.49. The SMILES string of the molecule is COc1cccc(Cn2c(C(=O)NCCc3ccc(OC)c(OC)c3)cc3ccsc32)c1. The van der Waals surface area contributed by atoms with Gasteiger partial charge in [0.1, 0.15) is 16.3 Å². The van der Waals surface area contributed by atoms with E-state index in [4.69, 9.17) is 14.2 Å². The van der Waals surface area contributed by atoms with Crippen molar-refractivity contribution in [3.63, 3.8) is 0 Å². The summed E-state index contributed by atoms with van der Waals surface area (Å²) in [6.45, 7) is 1.12. The van der Waals surface area contributed by atoms with Gasteiger partial charge in [-0.2, -0.15) is 0 Å². The lowest BCUT2D eigenvalue weighted by atomic mass is 10.1. The summed E-state index contributed by atoms with van der Waals surface area (Å²) in [6.07, 6.45) is 0.692. The number of nitrogens with zero attached hydrogens (tertiary/aromatic N) is 1. The van der Waals surface area contributed by atoms with E-state index in [-0.39, 0.29) is 5.91 Å². The molecule has 4 aromatic rings. The summed E-state index contributed by atoms with van der Waals surface area (Å²) in [4.78, 5) is 14.1. The summed E-state index contributed by atoms with van der Waals surface area (Å²) in [7, 11) is 4.89. The van der Waals surface area contributed by atoms with E-state index in [2.05, 4.69) is 9.88 Å². The standard InChI is InChI=1S/C25H26N2O4S/c1-29-20-6-4-5-18(13-20)16-27-21(15-19-10-12-32-25(19)27)24(28)26-11-9-17-7-8-22(30-2)23(14-17)31-3/h4-8,10,12-15H,9,11,16H2,1-3H3,(H,26,28). The van der Waals surface area contributed by atoms with Crippen LogP contribution in [0.15, 0.2) is 60.0 Å². The van der Waals surface area contributed by atoms with Gasteiger partial charge in [0.05, 0.1) is 21.3 Å². The molecule has 0 bridgehead atoms. The van der Waals surface area contributed by atoms with E-state index in [9.17, 15) is 4.79 Å². The van der Waals surface area contributed by atoms with Gasteiger partial charge in [-0.05, 0) is 59.3 Å². The van der Waals surface area contributed by atoms with Crippen LogP contribution in [0.1, 0.15) is 21.6 Å². The first-order valence-electron chi connectivity index (χ1n) is 10.3. The lowest BCUT2D eigenvalue weighted by molar-refractivity contribution is 0.0946. The molecule has 0 spiro atoms. The fourth-order valence-electron chi connectivity index (χ4n) is 3.72. The number of fused-ring (bicyclic) bond motifs is 1. The molecule has 0 atom stereocenters. The Morgan fingerprint density at radius 1 is 0.938 bits per heavy atom. The molecule has 6 nitrogen and oxygen atoms in total. The van der Waals surface area contributed by atoms with E-state index in [0.717, 1.165) is 27.1 Å². The van der Waals surface area contributed by atoms with Crippen LogP contribution in [0.2, 0.25) is 0 Å². The maximum Gasteiger partial charge on any atom is 0.267 e. The maximum atomic E-state index is 13.1. The molecule has 32 heavy (non-hydrogen) atoms. The van der Waals surface area contributed by atoms with Crippen molar-refractivity contribution in [2.75, 3.05) is 27.9 Å². The molecule has 1 amide bonds. The average molecular weight is 451 g/mol. The third kappa shape index (κ3) is 4.57. The number of nitrogens with one attached hydrogen (secondary N) is 1. The number of carbonyl (C=O) groups is 1. The topological polar surface area (TPSA) is 61.7 Å². The molecule has 0 radical (unpaired) electrons. The molecular formula is C25H26N2O4S. The first-order chi connectivity index (χ1) is 15.6. The van der Waals surface area contributed by atoms with Crippen LogP contribution in [-0.2, 0) is 13.0 Å². The smallest absolute Gasteiger partial charge is 0.267 e. The highest BCUT2D eigenvalue weighted by Crippen LogP contribution is 2.28. The van der Waals surface area contributed by atoms with E-state index in [1.165, 1.54) is 0 Å². The number of hydrogen-bond acceptors (Lipinski definition) is 5. The largest absolute Gasteiger partial charge is 0.497 e. The van der Waals surface area contributed by atoms with Crippen LogP contribution in [0.3, 0.4) is 0 Å². The molecule has 0 saturated carbocycles. The highest BCUT2D eigenvalue weighted by molar-refractivity contribution is 7.16. The Labute approximate surface area is 191 Å². The minimum Gasteiger partial charge on any atom is -0.497 e. The molecule has 1 N–H and O–H groups in total. The van der Waals surface area contributed by atoms with Gasteiger partial charge in [0.25, 0.3) is 5.91 Å². The van der Waals surface area contributed by atoms with Gasteiger partial charge in [0, 0.05) is 18.5 Å². The number of amides is 1. The third-order valence-corrected chi connectivity index (χ3v) is 6.31. The molecule has 0 unspecified atom stereocenters. The highest BCUT2D eigenvalue weighted by Gasteiger charge is 2.17. The van der Waals surface area contributed by atoms with Gasteiger partial charge in [0.2, 0.25) is 0 Å². The van der Waals surface area contributed by atoms with E-state index in [1.807, 2.05) is 60.0 Å². The van der Waals surface area contributed by atoms with Gasteiger partial charge in [-0.15, -0.1) is 11.3 Å². The van der Waals surface area contributed by atoms with Crippen LogP contribution in [-0.4, -0.2) is 38.3 Å². The summed E-state index contributed by atoms with van der Waals surface area (Å²) >= 11 is 1.64. The average Bonchev–Trinajstić information content (AvgIpc) is 3.41. The molecule has 0 fully saturated rings. The van der Waals surface area contributed by atoms with E-state index in [0.29, 0.717) is 36.7 Å². The molecule has 2 heterocycles. The number of rotatable bonds is 9. The summed E-state index contributed by atoms with van der Waals surface area (Å²) in [5.41, 5.74) is 2.80. The Bertz CT molecular complexity index is 1230. The summed E-state index contributed by atoms with van der Waals surface area (Å²) < 4.78 is 18.1. The maximum absolute atomic E-state index is 13.1. The summed E-state index contributed by atoms with van der Waals surface area (Å²) in [6, 6.07) is 17.7. The second kappa shape index (κ2) is 9.78. The second-order valence-electron chi connectivity index (χ2n) is 7.34. The second-order valence-corrected chi connectivity index (χ2v) is 8.24. The van der Waals surface area contributed by atoms with Crippen molar-refractivity contribution in [1.29, 1.82) is 0 Å². The minimum absolute atomic E-state index is 0.0863. The number of aromatic nitrogens is 1. The fraction of sp³-hybridized carbons (Fsp3) is 0.240. The minimum atomic E-state index is -0.0863. The van der Waals surface area contributed by atoms with Crippen molar-refractivity contribution in [1.82, 2.24) is 9.88 Å². The molecule has 0 aliphatic rings. The molecule has 7 heteroatoms. The van der Waals surface area contributed by atoms with Crippen molar-refractivity contribution in [3.8, 4) is 17.2 Å². The molecule has 2 aromatic carbocycles. The summed E-state index contributed by atoms with van der Waals surface area (Å²) in [5.74, 6) is 2.09. The Morgan fingerprint density at radius 3 is 2.56 bits per heavy atom. The molecule has 4 rings (SSSR count). The quantitative estimate of drug-likeness (QED) is 0.400. The van der Waals surface area contributed by atoms with Crippen molar-refractivity contribution in [3.05, 3.63) is 76.8 Å². The number of ether oxygens (including phenoxy) is 3. The normalized spacial score (nSPS) is 10.8. The van der Waals surface area contributed by atoms with Gasteiger partial charge in [-0.1, -0.05) is 18.2 Å². The zero-order valence-corrected chi connectivity index (χ0v) is 19.2. The number of thiophene rings is 1. The zero-order chi connectivity index (χ0) is 22.5. The van der Waals surface area contributed by atoms with E-state index >= 15 is 0 Å². The monoisotopic (exact) mass is 450 g/mol. The van der Waals surface area contributed by atoms with Crippen molar-refractivity contribution >= 4 is 27.5 Å². The molecule has 0 aliphatic carbocycles. The van der Waals surface area contributed by atoms with Crippen molar-refractivity contribution < 1.29 is 19.0 Å². The number of carbonyl (C=O) groups excluding carboxylic acids is 1. The van der Waals surface area contributed by atoms with Crippen LogP contribution in [0.4, 0.5) is 0 Å². The number of benzene rings is 2. The fourth-order valence-corrected chi connectivity index (χ4v) is 4.62. The highest BCUT2D eigenvalue weighted by atomic mass is 32.1. The van der Waals surface area contributed by atoms with E-state index < -0.39 is 0 Å². The van der Waals surface area contributed by atoms with Crippen LogP contribution in [0.5, 0.6) is 17.2 Å². The van der Waals surface area contributed by atoms with Crippen molar-refractivity contribution in [2.24, 2.45) is 0 Å². The van der Waals surface area contributed by atoms with Crippen LogP contribution < -0.4 is 19.5 Å². The molecule has 2 aromatic heterocycles. The lowest BCUT2D eigenvalue weighted by Gasteiger charge is -2.12. The first kappa shape index (κ1) is 21.8. The molecule has 0 saturated heterocycles.